The minimum Gasteiger partial charge on any atom is -0.237 e. The SMILES string of the molecule is CCc1c2ccccc2nc2c1c(C)nn2-c1ccccn1. The van der Waals surface area contributed by atoms with Crippen molar-refractivity contribution in [2.24, 2.45) is 0 Å². The van der Waals surface area contributed by atoms with Crippen molar-refractivity contribution < 1.29 is 0 Å². The first-order valence-electron chi connectivity index (χ1n) is 7.48. The fourth-order valence-corrected chi connectivity index (χ4v) is 3.05. The molecule has 1 aromatic carbocycles. The number of hydrogen-bond acceptors (Lipinski definition) is 3. The molecule has 0 saturated heterocycles. The van der Waals surface area contributed by atoms with E-state index in [1.54, 1.807) is 6.20 Å². The highest BCUT2D eigenvalue weighted by molar-refractivity contribution is 5.97. The van der Waals surface area contributed by atoms with Crippen LogP contribution in [0.2, 0.25) is 0 Å². The van der Waals surface area contributed by atoms with Gasteiger partial charge in [0.25, 0.3) is 0 Å². The maximum absolute atomic E-state index is 4.84. The van der Waals surface area contributed by atoms with E-state index >= 15 is 0 Å². The molecule has 0 amide bonds. The first-order chi connectivity index (χ1) is 10.8. The summed E-state index contributed by atoms with van der Waals surface area (Å²) in [7, 11) is 0. The van der Waals surface area contributed by atoms with Gasteiger partial charge in [-0.15, -0.1) is 0 Å². The third-order valence-corrected chi connectivity index (χ3v) is 4.01. The van der Waals surface area contributed by atoms with Gasteiger partial charge in [0.1, 0.15) is 0 Å². The van der Waals surface area contributed by atoms with Gasteiger partial charge >= 0.3 is 0 Å². The average Bonchev–Trinajstić information content (AvgIpc) is 2.90. The van der Waals surface area contributed by atoms with Crippen molar-refractivity contribution in [1.29, 1.82) is 0 Å². The lowest BCUT2D eigenvalue weighted by Crippen LogP contribution is -2.00. The summed E-state index contributed by atoms with van der Waals surface area (Å²) in [5, 5.41) is 7.04. The van der Waals surface area contributed by atoms with E-state index in [1.165, 1.54) is 10.9 Å². The maximum atomic E-state index is 4.84. The number of fused-ring (bicyclic) bond motifs is 2. The van der Waals surface area contributed by atoms with Gasteiger partial charge in [-0.3, -0.25) is 0 Å². The lowest BCUT2D eigenvalue weighted by Gasteiger charge is -2.07. The Morgan fingerprint density at radius 2 is 1.86 bits per heavy atom. The Bertz CT molecular complexity index is 971. The minimum absolute atomic E-state index is 0.797. The first-order valence-corrected chi connectivity index (χ1v) is 7.48. The zero-order valence-corrected chi connectivity index (χ0v) is 12.6. The Morgan fingerprint density at radius 1 is 1.05 bits per heavy atom. The van der Waals surface area contributed by atoms with E-state index in [9.17, 15) is 0 Å². The first kappa shape index (κ1) is 13.0. The van der Waals surface area contributed by atoms with Crippen LogP contribution in [0.15, 0.2) is 48.7 Å². The van der Waals surface area contributed by atoms with Gasteiger partial charge < -0.3 is 0 Å². The number of rotatable bonds is 2. The van der Waals surface area contributed by atoms with E-state index in [0.717, 1.165) is 34.5 Å². The lowest BCUT2D eigenvalue weighted by atomic mass is 10.0. The molecule has 0 aliphatic carbocycles. The third-order valence-electron chi connectivity index (χ3n) is 4.01. The van der Waals surface area contributed by atoms with Crippen molar-refractivity contribution in [3.63, 3.8) is 0 Å². The summed E-state index contributed by atoms with van der Waals surface area (Å²) in [5.74, 6) is 0.797. The summed E-state index contributed by atoms with van der Waals surface area (Å²) in [5.41, 5.74) is 4.19. The van der Waals surface area contributed by atoms with Crippen LogP contribution in [0.5, 0.6) is 0 Å². The molecule has 0 saturated carbocycles. The molecule has 4 aromatic rings. The zero-order valence-electron chi connectivity index (χ0n) is 12.6. The molecule has 3 heterocycles. The van der Waals surface area contributed by atoms with Crippen molar-refractivity contribution in [2.45, 2.75) is 20.3 Å². The number of aryl methyl sites for hydroxylation is 2. The van der Waals surface area contributed by atoms with Crippen LogP contribution in [0.3, 0.4) is 0 Å². The highest BCUT2D eigenvalue weighted by Gasteiger charge is 2.16. The molecule has 108 valence electrons. The third kappa shape index (κ3) is 1.80. The van der Waals surface area contributed by atoms with E-state index in [-0.39, 0.29) is 0 Å². The van der Waals surface area contributed by atoms with Crippen LogP contribution in [0.4, 0.5) is 0 Å². The second-order valence-corrected chi connectivity index (χ2v) is 5.34. The van der Waals surface area contributed by atoms with Gasteiger partial charge in [-0.25, -0.2) is 9.97 Å². The zero-order chi connectivity index (χ0) is 15.1. The molecule has 0 aliphatic rings. The van der Waals surface area contributed by atoms with E-state index in [4.69, 9.17) is 4.98 Å². The molecule has 0 fully saturated rings. The molecule has 22 heavy (non-hydrogen) atoms. The summed E-state index contributed by atoms with van der Waals surface area (Å²) in [4.78, 5) is 9.25. The van der Waals surface area contributed by atoms with Gasteiger partial charge in [-0.1, -0.05) is 31.2 Å². The van der Waals surface area contributed by atoms with Crippen molar-refractivity contribution in [3.05, 3.63) is 59.9 Å². The molecular formula is C18H16N4. The Morgan fingerprint density at radius 3 is 2.64 bits per heavy atom. The second kappa shape index (κ2) is 4.91. The number of nitrogens with zero attached hydrogens (tertiary/aromatic N) is 4. The van der Waals surface area contributed by atoms with Gasteiger partial charge in [-0.05, 0) is 37.1 Å². The molecule has 4 heteroatoms. The Hall–Kier alpha value is -2.75. The minimum atomic E-state index is 0.797. The molecule has 3 aromatic heterocycles. The fourth-order valence-electron chi connectivity index (χ4n) is 3.05. The predicted octanol–water partition coefficient (Wildman–Crippen LogP) is 3.84. The smallest absolute Gasteiger partial charge is 0.165 e. The summed E-state index contributed by atoms with van der Waals surface area (Å²) in [6.45, 7) is 4.22. The molecule has 0 spiro atoms. The normalized spacial score (nSPS) is 11.4. The molecule has 0 atom stereocenters. The van der Waals surface area contributed by atoms with Crippen molar-refractivity contribution in [2.75, 3.05) is 0 Å². The van der Waals surface area contributed by atoms with Gasteiger partial charge in [0.2, 0.25) is 0 Å². The number of hydrogen-bond donors (Lipinski definition) is 0. The number of benzene rings is 1. The Balaban J connectivity index is 2.16. The number of para-hydroxylation sites is 1. The summed E-state index contributed by atoms with van der Waals surface area (Å²) in [6.07, 6.45) is 2.73. The largest absolute Gasteiger partial charge is 0.237 e. The quantitative estimate of drug-likeness (QED) is 0.563. The van der Waals surface area contributed by atoms with Crippen molar-refractivity contribution in [1.82, 2.24) is 19.7 Å². The predicted molar refractivity (Wildman–Crippen MR) is 88.3 cm³/mol. The molecule has 4 rings (SSSR count). The summed E-state index contributed by atoms with van der Waals surface area (Å²) >= 11 is 0. The Kier molecular flexibility index (Phi) is 2.89. The Labute approximate surface area is 128 Å². The lowest BCUT2D eigenvalue weighted by molar-refractivity contribution is 0.849. The van der Waals surface area contributed by atoms with Crippen LogP contribution in [-0.4, -0.2) is 19.7 Å². The molecule has 0 unspecified atom stereocenters. The van der Waals surface area contributed by atoms with Gasteiger partial charge in [0.15, 0.2) is 11.5 Å². The number of aromatic nitrogens is 4. The molecule has 0 bridgehead atoms. The average molecular weight is 288 g/mol. The summed E-state index contributed by atoms with van der Waals surface area (Å²) in [6, 6.07) is 14.1. The van der Waals surface area contributed by atoms with Crippen LogP contribution < -0.4 is 0 Å². The van der Waals surface area contributed by atoms with Crippen molar-refractivity contribution in [3.8, 4) is 5.82 Å². The fraction of sp³-hybridized carbons (Fsp3) is 0.167. The highest BCUT2D eigenvalue weighted by Crippen LogP contribution is 2.29. The molecule has 0 aliphatic heterocycles. The highest BCUT2D eigenvalue weighted by atomic mass is 15.3. The summed E-state index contributed by atoms with van der Waals surface area (Å²) < 4.78 is 1.84. The molecule has 4 nitrogen and oxygen atoms in total. The molecule has 0 radical (unpaired) electrons. The van der Waals surface area contributed by atoms with E-state index < -0.39 is 0 Å². The number of pyridine rings is 2. The van der Waals surface area contributed by atoms with Gasteiger partial charge in [0.05, 0.1) is 11.2 Å². The maximum Gasteiger partial charge on any atom is 0.165 e. The monoisotopic (exact) mass is 288 g/mol. The molecular weight excluding hydrogens is 272 g/mol. The van der Waals surface area contributed by atoms with E-state index in [1.807, 2.05) is 35.9 Å². The second-order valence-electron chi connectivity index (χ2n) is 5.34. The molecule has 0 N–H and O–H groups in total. The van der Waals surface area contributed by atoms with Crippen LogP contribution >= 0.6 is 0 Å². The van der Waals surface area contributed by atoms with Gasteiger partial charge in [-0.2, -0.15) is 9.78 Å². The van der Waals surface area contributed by atoms with Crippen LogP contribution in [0.25, 0.3) is 27.8 Å². The topological polar surface area (TPSA) is 43.6 Å². The van der Waals surface area contributed by atoms with Crippen molar-refractivity contribution >= 4 is 21.9 Å². The van der Waals surface area contributed by atoms with Crippen LogP contribution in [-0.2, 0) is 6.42 Å². The standard InChI is InChI=1S/C18H16N4/c1-3-13-14-8-4-5-9-15(14)20-18-17(13)12(2)21-22(18)16-10-6-7-11-19-16/h4-11H,3H2,1-2H3. The van der Waals surface area contributed by atoms with E-state index in [2.05, 4.69) is 35.2 Å². The van der Waals surface area contributed by atoms with E-state index in [0.29, 0.717) is 0 Å². The van der Waals surface area contributed by atoms with Crippen LogP contribution in [0, 0.1) is 6.92 Å². The van der Waals surface area contributed by atoms with Crippen LogP contribution in [0.1, 0.15) is 18.2 Å². The van der Waals surface area contributed by atoms with Gasteiger partial charge in [0, 0.05) is 17.0 Å².